The summed E-state index contributed by atoms with van der Waals surface area (Å²) in [5.74, 6) is 0.915. The van der Waals surface area contributed by atoms with Gasteiger partial charge in [0.2, 0.25) is 5.95 Å². The van der Waals surface area contributed by atoms with Crippen molar-refractivity contribution < 1.29 is 4.42 Å². The molecule has 0 aromatic carbocycles. The van der Waals surface area contributed by atoms with E-state index in [1.54, 1.807) is 12.4 Å². The molecule has 0 saturated carbocycles. The summed E-state index contributed by atoms with van der Waals surface area (Å²) in [7, 11) is 0. The highest BCUT2D eigenvalue weighted by Crippen LogP contribution is 2.20. The van der Waals surface area contributed by atoms with E-state index in [1.165, 1.54) is 6.39 Å². The minimum atomic E-state index is 0.265. The predicted molar refractivity (Wildman–Crippen MR) is 46.7 cm³/mol. The lowest BCUT2D eigenvalue weighted by molar-refractivity contribution is 0.571. The summed E-state index contributed by atoms with van der Waals surface area (Å²) < 4.78 is 5.11. The van der Waals surface area contributed by atoms with Gasteiger partial charge in [0.25, 0.3) is 0 Å². The predicted octanol–water partition coefficient (Wildman–Crippen LogP) is 1.02. The number of hydrogen-bond donors (Lipinski definition) is 1. The van der Waals surface area contributed by atoms with E-state index in [0.717, 1.165) is 11.3 Å². The van der Waals surface area contributed by atoms with Crippen LogP contribution in [0.2, 0.25) is 0 Å². The lowest BCUT2D eigenvalue weighted by Crippen LogP contribution is -1.97. The summed E-state index contributed by atoms with van der Waals surface area (Å²) in [5, 5.41) is 0. The van der Waals surface area contributed by atoms with Crippen LogP contribution in [0.5, 0.6) is 0 Å². The van der Waals surface area contributed by atoms with Gasteiger partial charge in [-0.15, -0.1) is 0 Å². The van der Waals surface area contributed by atoms with Crippen LogP contribution in [0.4, 0.5) is 5.95 Å². The van der Waals surface area contributed by atoms with Crippen molar-refractivity contribution in [1.29, 1.82) is 0 Å². The molecule has 0 unspecified atom stereocenters. The monoisotopic (exact) mass is 176 g/mol. The third-order valence-corrected chi connectivity index (χ3v) is 1.70. The van der Waals surface area contributed by atoms with E-state index in [1.807, 2.05) is 6.92 Å². The van der Waals surface area contributed by atoms with Crippen LogP contribution in [-0.2, 0) is 0 Å². The van der Waals surface area contributed by atoms with Crippen molar-refractivity contribution in [3.8, 4) is 11.3 Å². The van der Waals surface area contributed by atoms with Gasteiger partial charge in [0.1, 0.15) is 0 Å². The summed E-state index contributed by atoms with van der Waals surface area (Å²) in [6.07, 6.45) is 4.60. The zero-order chi connectivity index (χ0) is 9.26. The number of nitrogens with zero attached hydrogens (tertiary/aromatic N) is 3. The van der Waals surface area contributed by atoms with Crippen molar-refractivity contribution in [3.63, 3.8) is 0 Å². The van der Waals surface area contributed by atoms with E-state index in [2.05, 4.69) is 15.0 Å². The van der Waals surface area contributed by atoms with Gasteiger partial charge in [0.05, 0.1) is 17.5 Å². The maximum atomic E-state index is 5.41. The van der Waals surface area contributed by atoms with Crippen molar-refractivity contribution in [2.75, 3.05) is 5.73 Å². The fourth-order valence-corrected chi connectivity index (χ4v) is 1.08. The third-order valence-electron chi connectivity index (χ3n) is 1.70. The molecule has 5 nitrogen and oxygen atoms in total. The molecule has 0 aliphatic heterocycles. The van der Waals surface area contributed by atoms with Gasteiger partial charge in [-0.3, -0.25) is 0 Å². The first-order chi connectivity index (χ1) is 6.27. The Balaban J connectivity index is 2.53. The lowest BCUT2D eigenvalue weighted by Gasteiger charge is -2.00. The molecule has 0 aliphatic rings. The highest BCUT2D eigenvalue weighted by molar-refractivity contribution is 5.58. The quantitative estimate of drug-likeness (QED) is 0.701. The zero-order valence-corrected chi connectivity index (χ0v) is 7.06. The maximum Gasteiger partial charge on any atom is 0.220 e. The normalized spacial score (nSPS) is 10.2. The molecule has 0 spiro atoms. The molecular weight excluding hydrogens is 168 g/mol. The molecule has 2 rings (SSSR count). The number of hydrogen-bond acceptors (Lipinski definition) is 5. The van der Waals surface area contributed by atoms with Gasteiger partial charge in [-0.05, 0) is 6.92 Å². The number of aryl methyl sites for hydroxylation is 1. The summed E-state index contributed by atoms with van der Waals surface area (Å²) >= 11 is 0. The van der Waals surface area contributed by atoms with E-state index >= 15 is 0 Å². The van der Waals surface area contributed by atoms with Crippen LogP contribution in [0.15, 0.2) is 23.2 Å². The van der Waals surface area contributed by atoms with Gasteiger partial charge in [-0.2, -0.15) is 0 Å². The number of nitrogens with two attached hydrogens (primary N) is 1. The Bertz CT molecular complexity index is 410. The minimum Gasteiger partial charge on any atom is -0.443 e. The third kappa shape index (κ3) is 1.35. The van der Waals surface area contributed by atoms with Crippen molar-refractivity contribution in [2.24, 2.45) is 0 Å². The Morgan fingerprint density at radius 1 is 1.38 bits per heavy atom. The molecule has 0 radical (unpaired) electrons. The van der Waals surface area contributed by atoms with Crippen LogP contribution >= 0.6 is 0 Å². The second-order valence-corrected chi connectivity index (χ2v) is 2.59. The Morgan fingerprint density at radius 3 is 2.85 bits per heavy atom. The average molecular weight is 176 g/mol. The molecule has 2 heterocycles. The molecular formula is C8H8N4O. The standard InChI is InChI=1S/C8H8N4O/c1-5-6(2-11-8(9)12-5)7-3-10-4-13-7/h2-4H,1H3,(H2,9,11,12). The van der Waals surface area contributed by atoms with Gasteiger partial charge in [-0.1, -0.05) is 0 Å². The maximum absolute atomic E-state index is 5.41. The Morgan fingerprint density at radius 2 is 2.23 bits per heavy atom. The number of rotatable bonds is 1. The Kier molecular flexibility index (Phi) is 1.70. The van der Waals surface area contributed by atoms with Gasteiger partial charge >= 0.3 is 0 Å². The lowest BCUT2D eigenvalue weighted by atomic mass is 10.2. The second kappa shape index (κ2) is 2.85. The first-order valence-corrected chi connectivity index (χ1v) is 3.75. The first kappa shape index (κ1) is 7.72. The molecule has 0 aliphatic carbocycles. The topological polar surface area (TPSA) is 77.8 Å². The number of aromatic nitrogens is 3. The highest BCUT2D eigenvalue weighted by Gasteiger charge is 2.06. The average Bonchev–Trinajstić information content (AvgIpc) is 2.56. The van der Waals surface area contributed by atoms with Gasteiger partial charge in [-0.25, -0.2) is 15.0 Å². The van der Waals surface area contributed by atoms with Crippen molar-refractivity contribution in [2.45, 2.75) is 6.92 Å². The van der Waals surface area contributed by atoms with Crippen LogP contribution < -0.4 is 5.73 Å². The second-order valence-electron chi connectivity index (χ2n) is 2.59. The Hall–Kier alpha value is -1.91. The fraction of sp³-hybridized carbons (Fsp3) is 0.125. The highest BCUT2D eigenvalue weighted by atomic mass is 16.3. The number of oxazole rings is 1. The molecule has 13 heavy (non-hydrogen) atoms. The van der Waals surface area contributed by atoms with Crippen molar-refractivity contribution in [1.82, 2.24) is 15.0 Å². The van der Waals surface area contributed by atoms with E-state index in [0.29, 0.717) is 5.76 Å². The SMILES string of the molecule is Cc1nc(N)ncc1-c1cnco1. The molecule has 2 aromatic rings. The van der Waals surface area contributed by atoms with E-state index < -0.39 is 0 Å². The summed E-state index contributed by atoms with van der Waals surface area (Å²) in [6, 6.07) is 0. The van der Waals surface area contributed by atoms with Crippen molar-refractivity contribution >= 4 is 5.95 Å². The minimum absolute atomic E-state index is 0.265. The van der Waals surface area contributed by atoms with Crippen LogP contribution in [0.1, 0.15) is 5.69 Å². The van der Waals surface area contributed by atoms with Crippen LogP contribution in [0.3, 0.4) is 0 Å². The smallest absolute Gasteiger partial charge is 0.220 e. The molecule has 0 saturated heterocycles. The molecule has 2 aromatic heterocycles. The van der Waals surface area contributed by atoms with Crippen LogP contribution in [0.25, 0.3) is 11.3 Å². The van der Waals surface area contributed by atoms with E-state index in [4.69, 9.17) is 10.2 Å². The van der Waals surface area contributed by atoms with E-state index in [9.17, 15) is 0 Å². The number of anilines is 1. The van der Waals surface area contributed by atoms with E-state index in [-0.39, 0.29) is 5.95 Å². The van der Waals surface area contributed by atoms with Gasteiger partial charge < -0.3 is 10.2 Å². The molecule has 0 atom stereocenters. The molecule has 0 bridgehead atoms. The molecule has 0 amide bonds. The largest absolute Gasteiger partial charge is 0.443 e. The van der Waals surface area contributed by atoms with Crippen LogP contribution in [0, 0.1) is 6.92 Å². The molecule has 2 N–H and O–H groups in total. The fourth-order valence-electron chi connectivity index (χ4n) is 1.08. The molecule has 5 heteroatoms. The number of nitrogen functional groups attached to an aromatic ring is 1. The zero-order valence-electron chi connectivity index (χ0n) is 7.06. The Labute approximate surface area is 74.6 Å². The summed E-state index contributed by atoms with van der Waals surface area (Å²) in [4.78, 5) is 11.7. The molecule has 0 fully saturated rings. The first-order valence-electron chi connectivity index (χ1n) is 3.75. The summed E-state index contributed by atoms with van der Waals surface area (Å²) in [5.41, 5.74) is 7.01. The summed E-state index contributed by atoms with van der Waals surface area (Å²) in [6.45, 7) is 1.84. The van der Waals surface area contributed by atoms with Gasteiger partial charge in [0, 0.05) is 6.20 Å². The van der Waals surface area contributed by atoms with Crippen molar-refractivity contribution in [3.05, 3.63) is 24.5 Å². The molecule has 66 valence electrons. The van der Waals surface area contributed by atoms with Gasteiger partial charge in [0.15, 0.2) is 12.2 Å². The van der Waals surface area contributed by atoms with Crippen LogP contribution in [-0.4, -0.2) is 15.0 Å².